The number of carbonyl (C=O) groups excluding carboxylic acids is 1. The predicted molar refractivity (Wildman–Crippen MR) is 54.5 cm³/mol. The highest BCUT2D eigenvalue weighted by Gasteiger charge is 2.19. The highest BCUT2D eigenvalue weighted by molar-refractivity contribution is 5.70. The molecular weight excluding hydrogens is 215 g/mol. The topological polar surface area (TPSA) is 55.8 Å². The molecule has 0 aromatic heterocycles. The molecule has 1 N–H and O–H groups in total. The van der Waals surface area contributed by atoms with Gasteiger partial charge in [-0.15, -0.1) is 0 Å². The number of para-hydroxylation sites is 1. The number of carbonyl (C=O) groups is 1. The first-order valence-corrected chi connectivity index (χ1v) is 4.67. The van der Waals surface area contributed by atoms with Crippen LogP contribution in [0.3, 0.4) is 0 Å². The number of hydrogen-bond acceptors (Lipinski definition) is 4. The Hall–Kier alpha value is -1.62. The van der Waals surface area contributed by atoms with E-state index in [4.69, 9.17) is 4.74 Å². The SMILES string of the molecule is COC(=O)C[C@H](O)c1cccc(F)c1OC. The first-order chi connectivity index (χ1) is 7.60. The van der Waals surface area contributed by atoms with Gasteiger partial charge >= 0.3 is 5.97 Å². The number of halogens is 1. The van der Waals surface area contributed by atoms with E-state index in [-0.39, 0.29) is 17.7 Å². The average molecular weight is 228 g/mol. The molecule has 0 fully saturated rings. The quantitative estimate of drug-likeness (QED) is 0.792. The van der Waals surface area contributed by atoms with Gasteiger partial charge in [0.05, 0.1) is 26.7 Å². The number of hydrogen-bond donors (Lipinski definition) is 1. The summed E-state index contributed by atoms with van der Waals surface area (Å²) in [7, 11) is 2.52. The maximum atomic E-state index is 13.3. The Morgan fingerprint density at radius 1 is 1.50 bits per heavy atom. The van der Waals surface area contributed by atoms with E-state index in [0.29, 0.717) is 0 Å². The van der Waals surface area contributed by atoms with Gasteiger partial charge in [0.15, 0.2) is 11.6 Å². The van der Waals surface area contributed by atoms with Crippen molar-refractivity contribution < 1.29 is 23.8 Å². The van der Waals surface area contributed by atoms with E-state index in [2.05, 4.69) is 4.74 Å². The zero-order valence-electron chi connectivity index (χ0n) is 9.07. The molecular formula is C11H13FO4. The monoisotopic (exact) mass is 228 g/mol. The Balaban J connectivity index is 2.94. The molecule has 0 radical (unpaired) electrons. The summed E-state index contributed by atoms with van der Waals surface area (Å²) in [5, 5.41) is 9.71. The second-order valence-corrected chi connectivity index (χ2v) is 3.16. The molecule has 1 aromatic carbocycles. The van der Waals surface area contributed by atoms with Crippen LogP contribution in [0.25, 0.3) is 0 Å². The van der Waals surface area contributed by atoms with Crippen molar-refractivity contribution in [2.45, 2.75) is 12.5 Å². The fourth-order valence-corrected chi connectivity index (χ4v) is 1.35. The largest absolute Gasteiger partial charge is 0.493 e. The molecule has 0 aliphatic carbocycles. The lowest BCUT2D eigenvalue weighted by molar-refractivity contribution is -0.142. The third-order valence-electron chi connectivity index (χ3n) is 2.15. The third kappa shape index (κ3) is 2.70. The van der Waals surface area contributed by atoms with Crippen LogP contribution in [0.1, 0.15) is 18.1 Å². The van der Waals surface area contributed by atoms with Crippen molar-refractivity contribution in [2.24, 2.45) is 0 Å². The molecule has 4 nitrogen and oxygen atoms in total. The maximum Gasteiger partial charge on any atom is 0.308 e. The van der Waals surface area contributed by atoms with Crippen LogP contribution in [0.4, 0.5) is 4.39 Å². The summed E-state index contributed by atoms with van der Waals surface area (Å²) in [5.74, 6) is -1.21. The number of benzene rings is 1. The molecule has 0 bridgehead atoms. The summed E-state index contributed by atoms with van der Waals surface area (Å²) < 4.78 is 22.5. The molecule has 0 heterocycles. The second kappa shape index (κ2) is 5.46. The van der Waals surface area contributed by atoms with Crippen molar-refractivity contribution in [1.29, 1.82) is 0 Å². The van der Waals surface area contributed by atoms with Crippen molar-refractivity contribution in [3.63, 3.8) is 0 Å². The van der Waals surface area contributed by atoms with Crippen molar-refractivity contribution in [3.05, 3.63) is 29.6 Å². The van der Waals surface area contributed by atoms with E-state index in [1.165, 1.54) is 32.4 Å². The Morgan fingerprint density at radius 2 is 2.19 bits per heavy atom. The summed E-state index contributed by atoms with van der Waals surface area (Å²) in [5.41, 5.74) is 0.230. The van der Waals surface area contributed by atoms with Gasteiger partial charge in [-0.25, -0.2) is 4.39 Å². The van der Waals surface area contributed by atoms with Crippen LogP contribution in [0.15, 0.2) is 18.2 Å². The minimum absolute atomic E-state index is 0.0566. The van der Waals surface area contributed by atoms with Gasteiger partial charge in [-0.05, 0) is 6.07 Å². The van der Waals surface area contributed by atoms with Crippen LogP contribution in [0, 0.1) is 5.82 Å². The summed E-state index contributed by atoms with van der Waals surface area (Å²) >= 11 is 0. The van der Waals surface area contributed by atoms with Gasteiger partial charge in [0.1, 0.15) is 0 Å². The Kier molecular flexibility index (Phi) is 4.25. The lowest BCUT2D eigenvalue weighted by Crippen LogP contribution is -2.09. The molecule has 1 aromatic rings. The molecule has 0 unspecified atom stereocenters. The second-order valence-electron chi connectivity index (χ2n) is 3.16. The smallest absolute Gasteiger partial charge is 0.308 e. The first-order valence-electron chi connectivity index (χ1n) is 4.67. The molecule has 88 valence electrons. The van der Waals surface area contributed by atoms with Gasteiger partial charge in [0.25, 0.3) is 0 Å². The molecule has 0 aliphatic heterocycles. The normalized spacial score (nSPS) is 12.0. The fraction of sp³-hybridized carbons (Fsp3) is 0.364. The minimum atomic E-state index is -1.14. The standard InChI is InChI=1S/C11H13FO4/c1-15-10(14)6-9(13)7-4-3-5-8(12)11(7)16-2/h3-5,9,13H,6H2,1-2H3/t9-/m0/s1. The van der Waals surface area contributed by atoms with Crippen LogP contribution < -0.4 is 4.74 Å². The molecule has 1 rings (SSSR count). The summed E-state index contributed by atoms with van der Waals surface area (Å²) in [6.45, 7) is 0. The maximum absolute atomic E-state index is 13.3. The average Bonchev–Trinajstić information content (AvgIpc) is 2.28. The van der Waals surface area contributed by atoms with Crippen LogP contribution in [-0.4, -0.2) is 25.3 Å². The number of rotatable bonds is 4. The zero-order valence-corrected chi connectivity index (χ0v) is 9.07. The van der Waals surface area contributed by atoms with Crippen molar-refractivity contribution in [1.82, 2.24) is 0 Å². The van der Waals surface area contributed by atoms with Gasteiger partial charge in [-0.3, -0.25) is 4.79 Å². The Labute approximate surface area is 92.6 Å². The number of methoxy groups -OCH3 is 2. The predicted octanol–water partition coefficient (Wildman–Crippen LogP) is 1.43. The third-order valence-corrected chi connectivity index (χ3v) is 2.15. The van der Waals surface area contributed by atoms with E-state index in [0.717, 1.165) is 0 Å². The molecule has 16 heavy (non-hydrogen) atoms. The van der Waals surface area contributed by atoms with Crippen LogP contribution in [0.5, 0.6) is 5.75 Å². The van der Waals surface area contributed by atoms with E-state index in [1.807, 2.05) is 0 Å². The summed E-state index contributed by atoms with van der Waals surface area (Å²) in [6, 6.07) is 4.15. The minimum Gasteiger partial charge on any atom is -0.493 e. The molecule has 0 amide bonds. The van der Waals surface area contributed by atoms with Crippen molar-refractivity contribution in [2.75, 3.05) is 14.2 Å². The molecule has 0 aliphatic rings. The van der Waals surface area contributed by atoms with E-state index >= 15 is 0 Å². The lowest BCUT2D eigenvalue weighted by Gasteiger charge is -2.14. The van der Waals surface area contributed by atoms with Crippen LogP contribution in [0.2, 0.25) is 0 Å². The fourth-order valence-electron chi connectivity index (χ4n) is 1.35. The Bertz CT molecular complexity index is 378. The van der Waals surface area contributed by atoms with Gasteiger partial charge in [-0.2, -0.15) is 0 Å². The number of ether oxygens (including phenoxy) is 2. The van der Waals surface area contributed by atoms with E-state index in [9.17, 15) is 14.3 Å². The summed E-state index contributed by atoms with van der Waals surface area (Å²) in [4.78, 5) is 11.0. The molecule has 1 atom stereocenters. The first kappa shape index (κ1) is 12.4. The van der Waals surface area contributed by atoms with Gasteiger partial charge in [0.2, 0.25) is 0 Å². The van der Waals surface area contributed by atoms with Crippen LogP contribution >= 0.6 is 0 Å². The number of aliphatic hydroxyl groups excluding tert-OH is 1. The summed E-state index contributed by atoms with van der Waals surface area (Å²) in [6.07, 6.45) is -1.38. The van der Waals surface area contributed by atoms with Gasteiger partial charge in [-0.1, -0.05) is 12.1 Å². The van der Waals surface area contributed by atoms with E-state index in [1.54, 1.807) is 0 Å². The molecule has 0 saturated heterocycles. The van der Waals surface area contributed by atoms with Crippen LogP contribution in [-0.2, 0) is 9.53 Å². The highest BCUT2D eigenvalue weighted by Crippen LogP contribution is 2.29. The van der Waals surface area contributed by atoms with E-state index < -0.39 is 17.9 Å². The number of aliphatic hydroxyl groups is 1. The highest BCUT2D eigenvalue weighted by atomic mass is 19.1. The Morgan fingerprint density at radius 3 is 2.75 bits per heavy atom. The number of esters is 1. The van der Waals surface area contributed by atoms with Gasteiger partial charge < -0.3 is 14.6 Å². The lowest BCUT2D eigenvalue weighted by atomic mass is 10.1. The molecule has 0 spiro atoms. The van der Waals surface area contributed by atoms with Crippen molar-refractivity contribution >= 4 is 5.97 Å². The molecule has 5 heteroatoms. The van der Waals surface area contributed by atoms with Crippen molar-refractivity contribution in [3.8, 4) is 5.75 Å². The van der Waals surface area contributed by atoms with Gasteiger partial charge in [0, 0.05) is 5.56 Å². The molecule has 0 saturated carbocycles. The zero-order chi connectivity index (χ0) is 12.1.